The van der Waals surface area contributed by atoms with Crippen LogP contribution in [0.3, 0.4) is 0 Å². The van der Waals surface area contributed by atoms with Gasteiger partial charge in [-0.2, -0.15) is 0 Å². The van der Waals surface area contributed by atoms with E-state index in [-0.39, 0.29) is 0 Å². The Labute approximate surface area is 351 Å². The third-order valence-electron chi connectivity index (χ3n) is 13.1. The number of nitrogens with zero attached hydrogens (tertiary/aromatic N) is 2. The van der Waals surface area contributed by atoms with Crippen LogP contribution in [0, 0.1) is 13.8 Å². The average Bonchev–Trinajstić information content (AvgIpc) is 3.29. The lowest BCUT2D eigenvalue weighted by Gasteiger charge is -2.34. The van der Waals surface area contributed by atoms with Crippen molar-refractivity contribution >= 4 is 66.4 Å². The highest BCUT2D eigenvalue weighted by Gasteiger charge is 2.28. The molecule has 2 heteroatoms. The highest BCUT2D eigenvalue weighted by Crippen LogP contribution is 2.51. The summed E-state index contributed by atoms with van der Waals surface area (Å²) in [5.74, 6) is 0. The highest BCUT2D eigenvalue weighted by molar-refractivity contribution is 6.23. The van der Waals surface area contributed by atoms with Crippen LogP contribution in [0.1, 0.15) is 33.4 Å². The minimum atomic E-state index is 0.925. The Kier molecular flexibility index (Phi) is 7.83. The van der Waals surface area contributed by atoms with Gasteiger partial charge in [0.15, 0.2) is 0 Å². The zero-order valence-electron chi connectivity index (χ0n) is 33.8. The molecular weight excluding hydrogens is 725 g/mol. The van der Waals surface area contributed by atoms with Crippen LogP contribution in [0.5, 0.6) is 0 Å². The summed E-state index contributed by atoms with van der Waals surface area (Å²) in [6, 6.07) is 72.7. The van der Waals surface area contributed by atoms with E-state index in [2.05, 4.69) is 218 Å². The predicted molar refractivity (Wildman–Crippen MR) is 254 cm³/mol. The standard InChI is InChI=1S/C58H42N2/c1-37-23-24-45(31-38(37)2)57-49-29-27-48(60-55-21-11-7-17-43(55)34-44-18-8-12-22-56(44)60)36-52(49)58(46-26-25-39-13-3-4-14-40(39)32-46)50-30-28-47(35-51(50)57)59-53-19-9-5-15-41(53)33-42-16-6-10-20-54(42)59/h3-32,35-36H,33-34H2,1-2H3. The van der Waals surface area contributed by atoms with E-state index in [1.54, 1.807) is 0 Å². The van der Waals surface area contributed by atoms with E-state index in [1.165, 1.54) is 111 Å². The Balaban J connectivity index is 1.20. The van der Waals surface area contributed by atoms with Crippen molar-refractivity contribution in [2.45, 2.75) is 26.7 Å². The van der Waals surface area contributed by atoms with E-state index in [4.69, 9.17) is 0 Å². The van der Waals surface area contributed by atoms with Crippen molar-refractivity contribution in [1.29, 1.82) is 0 Å². The summed E-state index contributed by atoms with van der Waals surface area (Å²) in [6.07, 6.45) is 1.85. The van der Waals surface area contributed by atoms with Gasteiger partial charge in [0.1, 0.15) is 0 Å². The van der Waals surface area contributed by atoms with Gasteiger partial charge in [0, 0.05) is 47.0 Å². The highest BCUT2D eigenvalue weighted by atomic mass is 15.2. The fourth-order valence-electron chi connectivity index (χ4n) is 10.1. The molecule has 0 amide bonds. The van der Waals surface area contributed by atoms with Crippen molar-refractivity contribution in [1.82, 2.24) is 0 Å². The summed E-state index contributed by atoms with van der Waals surface area (Å²) in [6.45, 7) is 4.45. The molecular formula is C58H42N2. The number of para-hydroxylation sites is 4. The maximum Gasteiger partial charge on any atom is 0.0497 e. The normalized spacial score (nSPS) is 13.0. The monoisotopic (exact) mass is 766 g/mol. The van der Waals surface area contributed by atoms with Crippen molar-refractivity contribution < 1.29 is 0 Å². The molecule has 0 atom stereocenters. The van der Waals surface area contributed by atoms with Gasteiger partial charge in [0.05, 0.1) is 0 Å². The molecule has 0 N–H and O–H groups in total. The van der Waals surface area contributed by atoms with Crippen molar-refractivity contribution in [3.8, 4) is 22.3 Å². The Morgan fingerprint density at radius 3 is 1.22 bits per heavy atom. The van der Waals surface area contributed by atoms with Crippen LogP contribution in [0.25, 0.3) is 54.6 Å². The third-order valence-corrected chi connectivity index (χ3v) is 13.1. The Hall–Kier alpha value is -7.42. The first-order chi connectivity index (χ1) is 29.6. The molecule has 0 aromatic heterocycles. The summed E-state index contributed by atoms with van der Waals surface area (Å²) >= 11 is 0. The second-order valence-electron chi connectivity index (χ2n) is 16.6. The van der Waals surface area contributed by atoms with Gasteiger partial charge in [0.2, 0.25) is 0 Å². The number of anilines is 6. The van der Waals surface area contributed by atoms with Crippen LogP contribution in [0.2, 0.25) is 0 Å². The van der Waals surface area contributed by atoms with Crippen LogP contribution < -0.4 is 9.80 Å². The minimum Gasteiger partial charge on any atom is -0.310 e. The predicted octanol–water partition coefficient (Wildman–Crippen LogP) is 15.8. The first-order valence-corrected chi connectivity index (χ1v) is 21.1. The number of fused-ring (bicyclic) bond motifs is 7. The Morgan fingerprint density at radius 1 is 0.317 bits per heavy atom. The summed E-state index contributed by atoms with van der Waals surface area (Å²) in [5, 5.41) is 7.45. The van der Waals surface area contributed by atoms with Crippen LogP contribution in [0.4, 0.5) is 34.1 Å². The van der Waals surface area contributed by atoms with Crippen molar-refractivity contribution in [2.24, 2.45) is 0 Å². The van der Waals surface area contributed by atoms with Gasteiger partial charge in [0.25, 0.3) is 0 Å². The summed E-state index contributed by atoms with van der Waals surface area (Å²) < 4.78 is 0. The molecule has 60 heavy (non-hydrogen) atoms. The zero-order chi connectivity index (χ0) is 39.9. The van der Waals surface area contributed by atoms with Crippen LogP contribution >= 0.6 is 0 Å². The molecule has 0 fully saturated rings. The van der Waals surface area contributed by atoms with E-state index in [1.807, 2.05) is 0 Å². The Morgan fingerprint density at radius 2 is 0.733 bits per heavy atom. The molecule has 2 aliphatic heterocycles. The van der Waals surface area contributed by atoms with Crippen molar-refractivity contribution in [3.05, 3.63) is 228 Å². The third kappa shape index (κ3) is 5.41. The lowest BCUT2D eigenvalue weighted by atomic mass is 9.84. The number of hydrogen-bond acceptors (Lipinski definition) is 2. The Bertz CT molecular complexity index is 3280. The number of benzene rings is 10. The van der Waals surface area contributed by atoms with E-state index >= 15 is 0 Å². The average molecular weight is 767 g/mol. The molecule has 0 spiro atoms. The number of hydrogen-bond donors (Lipinski definition) is 0. The molecule has 2 nitrogen and oxygen atoms in total. The topological polar surface area (TPSA) is 6.48 Å². The van der Waals surface area contributed by atoms with Gasteiger partial charge in [-0.3, -0.25) is 0 Å². The quantitative estimate of drug-likeness (QED) is 0.165. The minimum absolute atomic E-state index is 0.925. The van der Waals surface area contributed by atoms with Crippen molar-refractivity contribution in [2.75, 3.05) is 9.80 Å². The molecule has 284 valence electrons. The van der Waals surface area contributed by atoms with Crippen LogP contribution in [0.15, 0.2) is 194 Å². The van der Waals surface area contributed by atoms with Gasteiger partial charge < -0.3 is 9.80 Å². The first kappa shape index (κ1) is 34.6. The molecule has 0 radical (unpaired) electrons. The van der Waals surface area contributed by atoms with Crippen molar-refractivity contribution in [3.63, 3.8) is 0 Å². The fraction of sp³-hybridized carbons (Fsp3) is 0.0690. The molecule has 0 saturated heterocycles. The van der Waals surface area contributed by atoms with Gasteiger partial charge in [-0.25, -0.2) is 0 Å². The van der Waals surface area contributed by atoms with E-state index in [0.29, 0.717) is 0 Å². The summed E-state index contributed by atoms with van der Waals surface area (Å²) in [7, 11) is 0. The molecule has 0 unspecified atom stereocenters. The fourth-order valence-corrected chi connectivity index (χ4v) is 10.1. The van der Waals surface area contributed by atoms with Crippen LogP contribution in [-0.2, 0) is 12.8 Å². The lowest BCUT2D eigenvalue weighted by molar-refractivity contribution is 1.09. The largest absolute Gasteiger partial charge is 0.310 e. The maximum atomic E-state index is 2.48. The summed E-state index contributed by atoms with van der Waals surface area (Å²) in [4.78, 5) is 4.96. The molecule has 2 heterocycles. The number of aryl methyl sites for hydroxylation is 2. The van der Waals surface area contributed by atoms with Crippen LogP contribution in [-0.4, -0.2) is 0 Å². The molecule has 0 aliphatic carbocycles. The molecule has 2 aliphatic rings. The SMILES string of the molecule is Cc1ccc(-c2c3ccc(N4c5ccccc5Cc5ccccc54)cc3c(-c3ccc4ccccc4c3)c3ccc(N4c5ccccc5Cc5ccccc54)cc23)cc1C. The molecule has 10 aromatic carbocycles. The molecule has 0 saturated carbocycles. The van der Waals surface area contributed by atoms with Gasteiger partial charge >= 0.3 is 0 Å². The second-order valence-corrected chi connectivity index (χ2v) is 16.6. The van der Waals surface area contributed by atoms with Gasteiger partial charge in [-0.1, -0.05) is 140 Å². The number of rotatable bonds is 4. The van der Waals surface area contributed by atoms with E-state index in [0.717, 1.165) is 24.2 Å². The molecule has 0 bridgehead atoms. The van der Waals surface area contributed by atoms with E-state index < -0.39 is 0 Å². The zero-order valence-corrected chi connectivity index (χ0v) is 33.8. The maximum absolute atomic E-state index is 2.48. The summed E-state index contributed by atoms with van der Waals surface area (Å²) in [5.41, 5.74) is 20.2. The second kappa shape index (κ2) is 13.6. The molecule has 12 rings (SSSR count). The smallest absolute Gasteiger partial charge is 0.0497 e. The molecule has 10 aromatic rings. The van der Waals surface area contributed by atoms with Gasteiger partial charge in [-0.05, 0) is 156 Å². The van der Waals surface area contributed by atoms with Gasteiger partial charge in [-0.15, -0.1) is 0 Å². The van der Waals surface area contributed by atoms with E-state index in [9.17, 15) is 0 Å². The first-order valence-electron chi connectivity index (χ1n) is 21.1. The lowest BCUT2D eigenvalue weighted by Crippen LogP contribution is -2.18.